The molecular formula is C40H53FN2O2. The van der Waals surface area contributed by atoms with E-state index < -0.39 is 0 Å². The lowest BCUT2D eigenvalue weighted by molar-refractivity contribution is -0.114. The zero-order valence-electron chi connectivity index (χ0n) is 29.6. The van der Waals surface area contributed by atoms with Gasteiger partial charge in [-0.2, -0.15) is 0 Å². The van der Waals surface area contributed by atoms with Crippen molar-refractivity contribution in [3.05, 3.63) is 94.5 Å². The number of hydrogen-bond acceptors (Lipinski definition) is 3. The second kappa shape index (κ2) is 17.5. The van der Waals surface area contributed by atoms with Crippen LogP contribution in [0.2, 0.25) is 0 Å². The van der Waals surface area contributed by atoms with Gasteiger partial charge in [0.1, 0.15) is 11.4 Å². The van der Waals surface area contributed by atoms with Crippen LogP contribution in [0.4, 0.5) is 4.53 Å². The van der Waals surface area contributed by atoms with Gasteiger partial charge in [0.25, 0.3) is 0 Å². The Morgan fingerprint density at radius 1 is 0.933 bits per heavy atom. The van der Waals surface area contributed by atoms with E-state index in [0.29, 0.717) is 5.92 Å². The Morgan fingerprint density at radius 2 is 1.56 bits per heavy atom. The van der Waals surface area contributed by atoms with Crippen molar-refractivity contribution >= 4 is 33.1 Å². The lowest BCUT2D eigenvalue weighted by Crippen LogP contribution is -2.00. The molecule has 5 aromatic rings. The first kappa shape index (κ1) is 37.2. The summed E-state index contributed by atoms with van der Waals surface area (Å²) >= 11 is 0. The molecule has 0 amide bonds. The molecule has 0 spiro atoms. The minimum atomic E-state index is -0.222. The number of imidazole rings is 1. The fourth-order valence-electron chi connectivity index (χ4n) is 5.95. The number of benzene rings is 3. The second-order valence-corrected chi connectivity index (χ2v) is 11.8. The van der Waals surface area contributed by atoms with E-state index in [0.717, 1.165) is 11.7 Å². The maximum atomic E-state index is 11.0. The van der Waals surface area contributed by atoms with Gasteiger partial charge in [-0.25, -0.2) is 4.98 Å². The molecule has 2 heterocycles. The van der Waals surface area contributed by atoms with E-state index in [4.69, 9.17) is 4.98 Å². The van der Waals surface area contributed by atoms with Gasteiger partial charge in [-0.15, -0.1) is 0 Å². The summed E-state index contributed by atoms with van der Waals surface area (Å²) in [4.78, 5) is 18.1. The number of fused-ring (bicyclic) bond motifs is 6. The molecule has 2 aromatic heterocycles. The van der Waals surface area contributed by atoms with Crippen LogP contribution in [-0.4, -0.2) is 15.2 Å². The highest BCUT2D eigenvalue weighted by molar-refractivity contribution is 6.19. The molecule has 4 nitrogen and oxygen atoms in total. The number of unbranched alkanes of at least 4 members (excludes halogenated alkanes) is 2. The summed E-state index contributed by atoms with van der Waals surface area (Å²) in [5.41, 5.74) is 11.6. The monoisotopic (exact) mass is 612 g/mol. The number of para-hydroxylation sites is 1. The molecule has 0 N–H and O–H groups in total. The summed E-state index contributed by atoms with van der Waals surface area (Å²) < 4.78 is 13.3. The quantitative estimate of drug-likeness (QED) is 0.109. The molecule has 0 atom stereocenters. The zero-order valence-corrected chi connectivity index (χ0v) is 29.6. The number of carbonyl (C=O) groups excluding carboxylic acids is 1. The lowest BCUT2D eigenvalue weighted by atomic mass is 9.85. The van der Waals surface area contributed by atoms with E-state index >= 15 is 0 Å². The highest BCUT2D eigenvalue weighted by atomic mass is 19.3. The van der Waals surface area contributed by atoms with Crippen molar-refractivity contribution in [3.8, 4) is 11.1 Å². The number of pyridine rings is 1. The number of rotatable bonds is 6. The van der Waals surface area contributed by atoms with E-state index in [1.165, 1.54) is 93.7 Å². The van der Waals surface area contributed by atoms with Gasteiger partial charge in [0.05, 0.1) is 5.52 Å². The topological polar surface area (TPSA) is 43.6 Å². The molecule has 0 bridgehead atoms. The largest absolute Gasteiger partial charge is 0.299 e. The minimum absolute atomic E-state index is 0.0162. The molecule has 0 radical (unpaired) electrons. The van der Waals surface area contributed by atoms with E-state index in [1.54, 1.807) is 0 Å². The van der Waals surface area contributed by atoms with Crippen LogP contribution >= 0.6 is 0 Å². The number of allylic oxidation sites excluding steroid dienone is 2. The molecule has 0 unspecified atom stereocenters. The fourth-order valence-corrected chi connectivity index (χ4v) is 5.95. The number of aryl methyl sites for hydroxylation is 4. The zero-order chi connectivity index (χ0) is 33.8. The van der Waals surface area contributed by atoms with Crippen molar-refractivity contribution in [1.82, 2.24) is 9.38 Å². The molecule has 242 valence electrons. The first-order valence-corrected chi connectivity index (χ1v) is 16.3. The van der Waals surface area contributed by atoms with Crippen LogP contribution < -0.4 is 0 Å². The minimum Gasteiger partial charge on any atom is -0.299 e. The Kier molecular flexibility index (Phi) is 14.5. The van der Waals surface area contributed by atoms with Gasteiger partial charge in [0.15, 0.2) is 5.78 Å². The molecule has 0 aliphatic carbocycles. The predicted octanol–water partition coefficient (Wildman–Crippen LogP) is 12.3. The molecule has 5 heteroatoms. The number of aromatic nitrogens is 2. The van der Waals surface area contributed by atoms with Gasteiger partial charge in [-0.05, 0) is 80.8 Å². The summed E-state index contributed by atoms with van der Waals surface area (Å²) in [6, 6.07) is 15.9. The Labute approximate surface area is 270 Å². The standard InChI is InChI=1S/C28H28N2.C5H7FO2.C5H12.C2H6/c1-16(2)21-10-11-22(24-19(5)14-17(3)15-20(24)6)25-23-9-7-8-18(4)27(23)30-13-12-29-28(30)26(21)25;1-4(7)3-5(2)8-6;1-3-5-4-2;1-2/h7-16H,1-6H3;3H,1-2H3;3-5H2,1-2H3;1-2H3/b;5-3-;;. The average molecular weight is 613 g/mol. The lowest BCUT2D eigenvalue weighted by Gasteiger charge is -2.20. The number of carbonyl (C=O) groups is 1. The fraction of sp³-hybridized carbons (Fsp3) is 0.400. The SMILES string of the molecule is CC.CC(=O)/C=C(/C)OF.CCCCC.Cc1cc(C)c(-c2ccc(C(C)C)c3c2c2cccc(C)c2n2ccnc32)c(C)c1. The Morgan fingerprint density at radius 3 is 2.04 bits per heavy atom. The number of halogens is 1. The van der Waals surface area contributed by atoms with Crippen molar-refractivity contribution in [1.29, 1.82) is 0 Å². The van der Waals surface area contributed by atoms with Crippen molar-refractivity contribution in [2.45, 2.75) is 108 Å². The van der Waals surface area contributed by atoms with E-state index in [1.807, 2.05) is 20.0 Å². The maximum Gasteiger partial charge on any atom is 0.156 e. The third-order valence-electron chi connectivity index (χ3n) is 7.65. The summed E-state index contributed by atoms with van der Waals surface area (Å²) in [7, 11) is 0. The molecule has 45 heavy (non-hydrogen) atoms. The van der Waals surface area contributed by atoms with Gasteiger partial charge < -0.3 is 0 Å². The summed E-state index contributed by atoms with van der Waals surface area (Å²) in [5, 5.41) is 3.91. The third kappa shape index (κ3) is 8.81. The van der Waals surface area contributed by atoms with E-state index in [9.17, 15) is 9.32 Å². The van der Waals surface area contributed by atoms with Gasteiger partial charge in [-0.3, -0.25) is 14.1 Å². The average Bonchev–Trinajstić information content (AvgIpc) is 3.48. The molecule has 0 fully saturated rings. The predicted molar refractivity (Wildman–Crippen MR) is 192 cm³/mol. The molecule has 0 saturated carbocycles. The number of ketones is 1. The van der Waals surface area contributed by atoms with Crippen LogP contribution in [0.5, 0.6) is 0 Å². The van der Waals surface area contributed by atoms with Gasteiger partial charge >= 0.3 is 0 Å². The van der Waals surface area contributed by atoms with E-state index in [2.05, 4.69) is 113 Å². The van der Waals surface area contributed by atoms with Crippen molar-refractivity contribution in [2.24, 2.45) is 0 Å². The van der Waals surface area contributed by atoms with Crippen LogP contribution in [0.15, 0.2) is 66.7 Å². The molecule has 0 saturated heterocycles. The number of nitrogens with zero attached hydrogens (tertiary/aromatic N) is 2. The molecule has 0 aliphatic rings. The Balaban J connectivity index is 0.000000395. The third-order valence-corrected chi connectivity index (χ3v) is 7.65. The molecular weight excluding hydrogens is 559 g/mol. The van der Waals surface area contributed by atoms with Crippen LogP contribution in [0.25, 0.3) is 38.4 Å². The van der Waals surface area contributed by atoms with Gasteiger partial charge in [0.2, 0.25) is 0 Å². The molecule has 0 aliphatic heterocycles. The van der Waals surface area contributed by atoms with Crippen molar-refractivity contribution < 1.29 is 14.3 Å². The summed E-state index contributed by atoms with van der Waals surface area (Å²) in [6.45, 7) is 24.5. The highest BCUT2D eigenvalue weighted by Crippen LogP contribution is 2.42. The van der Waals surface area contributed by atoms with Gasteiger partial charge in [0, 0.05) is 39.2 Å². The maximum absolute atomic E-state index is 11.0. The first-order valence-electron chi connectivity index (χ1n) is 16.3. The molecule has 3 aromatic carbocycles. The Hall–Kier alpha value is -3.99. The molecule has 5 rings (SSSR count). The smallest absolute Gasteiger partial charge is 0.156 e. The van der Waals surface area contributed by atoms with Crippen LogP contribution in [0.1, 0.15) is 108 Å². The van der Waals surface area contributed by atoms with Crippen LogP contribution in [-0.2, 0) is 9.74 Å². The summed E-state index contributed by atoms with van der Waals surface area (Å²) in [6.07, 6.45) is 9.18. The van der Waals surface area contributed by atoms with Crippen molar-refractivity contribution in [3.63, 3.8) is 0 Å². The number of hydrogen-bond donors (Lipinski definition) is 0. The van der Waals surface area contributed by atoms with Crippen LogP contribution in [0, 0.1) is 27.7 Å². The van der Waals surface area contributed by atoms with Crippen molar-refractivity contribution in [2.75, 3.05) is 0 Å². The first-order chi connectivity index (χ1) is 21.5. The normalized spacial score (nSPS) is 11.0. The highest BCUT2D eigenvalue weighted by Gasteiger charge is 2.20. The Bertz CT molecular complexity index is 1740. The van der Waals surface area contributed by atoms with Crippen LogP contribution in [0.3, 0.4) is 0 Å². The second-order valence-electron chi connectivity index (χ2n) is 11.8. The van der Waals surface area contributed by atoms with E-state index in [-0.39, 0.29) is 11.5 Å². The summed E-state index contributed by atoms with van der Waals surface area (Å²) in [5.74, 6) is 0.183. The van der Waals surface area contributed by atoms with Gasteiger partial charge in [-0.1, -0.05) is 109 Å².